The Morgan fingerprint density at radius 1 is 1.07 bits per heavy atom. The largest absolute Gasteiger partial charge is 0.443 e. The molecule has 1 aliphatic carbocycles. The summed E-state index contributed by atoms with van der Waals surface area (Å²) in [6, 6.07) is 15.1. The first-order chi connectivity index (χ1) is 21.7. The molecule has 5 atom stereocenters. The summed E-state index contributed by atoms with van der Waals surface area (Å²) < 4.78 is 45.8. The summed E-state index contributed by atoms with van der Waals surface area (Å²) in [6.07, 6.45) is 1.15. The molecule has 13 heteroatoms. The first kappa shape index (κ1) is 33.6. The van der Waals surface area contributed by atoms with Gasteiger partial charge in [-0.3, -0.25) is 4.84 Å². The number of nitrogens with zero attached hydrogens (tertiary/aromatic N) is 2. The van der Waals surface area contributed by atoms with E-state index in [0.29, 0.717) is 18.8 Å². The molecule has 3 aliphatic rings. The van der Waals surface area contributed by atoms with Crippen molar-refractivity contribution in [1.29, 1.82) is 0 Å². The number of amides is 1. The Bertz CT molecular complexity index is 1340. The number of likely N-dealkylation sites (N-methyl/N-ethyl adjacent to an activating group) is 1. The van der Waals surface area contributed by atoms with Crippen molar-refractivity contribution in [3.05, 3.63) is 60.2 Å². The highest BCUT2D eigenvalue weighted by atomic mass is 32.2. The molecule has 1 amide bonds. The van der Waals surface area contributed by atoms with Crippen molar-refractivity contribution in [2.24, 2.45) is 5.92 Å². The summed E-state index contributed by atoms with van der Waals surface area (Å²) in [5, 5.41) is 17.7. The van der Waals surface area contributed by atoms with Crippen LogP contribution in [-0.2, 0) is 35.5 Å². The maximum absolute atomic E-state index is 14.0. The maximum atomic E-state index is 14.0. The normalized spacial score (nSPS) is 23.3. The van der Waals surface area contributed by atoms with Crippen LogP contribution in [0.25, 0.3) is 0 Å². The molecule has 0 radical (unpaired) electrons. The Kier molecular flexibility index (Phi) is 11.7. The van der Waals surface area contributed by atoms with Gasteiger partial charge in [0.2, 0.25) is 0 Å². The SMILES string of the molecule is CN(C)CCNc1cccc(S(=O)(=O)N(C[C@@H](O)[C@H](Cc2ccccc2)NC(=O)O[C@H]2CO[C@H]3OCC[C@H]32)OC2CCCC2)c1. The van der Waals surface area contributed by atoms with Gasteiger partial charge in [-0.25, -0.2) is 13.2 Å². The van der Waals surface area contributed by atoms with E-state index in [1.807, 2.05) is 55.4 Å². The zero-order valence-corrected chi connectivity index (χ0v) is 26.9. The molecular formula is C32H46N4O8S. The molecule has 2 aliphatic heterocycles. The Morgan fingerprint density at radius 2 is 1.84 bits per heavy atom. The van der Waals surface area contributed by atoms with E-state index in [2.05, 4.69) is 10.6 Å². The Hall–Kier alpha value is -2.78. The number of carbonyl (C=O) groups excluding carboxylic acids is 1. The molecule has 3 fully saturated rings. The van der Waals surface area contributed by atoms with E-state index >= 15 is 0 Å². The second-order valence-electron chi connectivity index (χ2n) is 12.2. The zero-order chi connectivity index (χ0) is 31.8. The van der Waals surface area contributed by atoms with Crippen molar-refractivity contribution < 1.29 is 37.4 Å². The summed E-state index contributed by atoms with van der Waals surface area (Å²) in [5.74, 6) is -0.0400. The van der Waals surface area contributed by atoms with E-state index < -0.39 is 34.4 Å². The first-order valence-corrected chi connectivity index (χ1v) is 17.2. The molecule has 2 saturated heterocycles. The quantitative estimate of drug-likeness (QED) is 0.248. The molecular weight excluding hydrogens is 600 g/mol. The van der Waals surface area contributed by atoms with Crippen molar-refractivity contribution in [3.63, 3.8) is 0 Å². The number of sulfonamides is 1. The van der Waals surface area contributed by atoms with E-state index in [0.717, 1.165) is 48.7 Å². The summed E-state index contributed by atoms with van der Waals surface area (Å²) in [7, 11) is -0.251. The number of aliphatic hydroxyl groups is 1. The lowest BCUT2D eigenvalue weighted by atomic mass is 10.0. The Labute approximate surface area is 266 Å². The van der Waals surface area contributed by atoms with Crippen LogP contribution in [0.4, 0.5) is 10.5 Å². The van der Waals surface area contributed by atoms with E-state index in [-0.39, 0.29) is 42.8 Å². The first-order valence-electron chi connectivity index (χ1n) is 15.8. The van der Waals surface area contributed by atoms with Gasteiger partial charge in [0.1, 0.15) is 6.10 Å². The minimum atomic E-state index is -4.18. The third-order valence-corrected chi connectivity index (χ3v) is 10.1. The number of alkyl carbamates (subject to hydrolysis) is 1. The third kappa shape index (κ3) is 9.16. The van der Waals surface area contributed by atoms with E-state index in [9.17, 15) is 18.3 Å². The highest BCUT2D eigenvalue weighted by Gasteiger charge is 2.44. The average Bonchev–Trinajstić information content (AvgIpc) is 3.78. The van der Waals surface area contributed by atoms with Crippen molar-refractivity contribution >= 4 is 21.8 Å². The van der Waals surface area contributed by atoms with Gasteiger partial charge >= 0.3 is 6.09 Å². The van der Waals surface area contributed by atoms with Crippen LogP contribution in [0.1, 0.15) is 37.7 Å². The Balaban J connectivity index is 1.33. The van der Waals surface area contributed by atoms with Gasteiger partial charge in [-0.05, 0) is 63.5 Å². The maximum Gasteiger partial charge on any atom is 0.407 e. The van der Waals surface area contributed by atoms with Crippen molar-refractivity contribution in [3.8, 4) is 0 Å². The van der Waals surface area contributed by atoms with Crippen LogP contribution in [0.3, 0.4) is 0 Å². The predicted molar refractivity (Wildman–Crippen MR) is 168 cm³/mol. The topological polar surface area (TPSA) is 139 Å². The molecule has 12 nitrogen and oxygen atoms in total. The van der Waals surface area contributed by atoms with Crippen LogP contribution in [0.5, 0.6) is 0 Å². The van der Waals surface area contributed by atoms with Gasteiger partial charge in [-0.15, -0.1) is 0 Å². The van der Waals surface area contributed by atoms with Gasteiger partial charge < -0.3 is 34.9 Å². The molecule has 248 valence electrons. The lowest BCUT2D eigenvalue weighted by Crippen LogP contribution is -2.51. The minimum Gasteiger partial charge on any atom is -0.443 e. The second-order valence-corrected chi connectivity index (χ2v) is 14.1. The lowest BCUT2D eigenvalue weighted by Gasteiger charge is -2.31. The number of carbonyl (C=O) groups is 1. The predicted octanol–water partition coefficient (Wildman–Crippen LogP) is 2.98. The number of hydroxylamine groups is 1. The molecule has 3 N–H and O–H groups in total. The fourth-order valence-corrected chi connectivity index (χ4v) is 7.31. The minimum absolute atomic E-state index is 0.0400. The third-order valence-electron chi connectivity index (χ3n) is 8.50. The van der Waals surface area contributed by atoms with Gasteiger partial charge in [-0.2, -0.15) is 0 Å². The van der Waals surface area contributed by atoms with Crippen LogP contribution < -0.4 is 10.6 Å². The number of anilines is 1. The van der Waals surface area contributed by atoms with E-state index in [1.165, 1.54) is 6.07 Å². The number of benzene rings is 2. The van der Waals surface area contributed by atoms with E-state index in [4.69, 9.17) is 19.0 Å². The van der Waals surface area contributed by atoms with Crippen LogP contribution in [0, 0.1) is 5.92 Å². The number of fused-ring (bicyclic) bond motifs is 1. The molecule has 1 saturated carbocycles. The number of hydrogen-bond acceptors (Lipinski definition) is 10. The van der Waals surface area contributed by atoms with Crippen LogP contribution in [-0.4, -0.2) is 107 Å². The van der Waals surface area contributed by atoms with Gasteiger partial charge in [-0.1, -0.05) is 53.7 Å². The number of nitrogens with one attached hydrogen (secondary N) is 2. The summed E-state index contributed by atoms with van der Waals surface area (Å²) in [6.45, 7) is 1.81. The zero-order valence-electron chi connectivity index (χ0n) is 26.0. The fourth-order valence-electron chi connectivity index (χ4n) is 5.97. The molecule has 0 aromatic heterocycles. The summed E-state index contributed by atoms with van der Waals surface area (Å²) in [5.41, 5.74) is 1.52. The van der Waals surface area contributed by atoms with Crippen molar-refractivity contribution in [2.45, 2.75) is 74.1 Å². The molecule has 0 spiro atoms. The monoisotopic (exact) mass is 646 g/mol. The number of aliphatic hydroxyl groups excluding tert-OH is 1. The van der Waals surface area contributed by atoms with Crippen LogP contribution in [0.15, 0.2) is 59.5 Å². The van der Waals surface area contributed by atoms with Crippen LogP contribution in [0.2, 0.25) is 0 Å². The van der Waals surface area contributed by atoms with Gasteiger partial charge in [0, 0.05) is 18.8 Å². The molecule has 0 bridgehead atoms. The second kappa shape index (κ2) is 15.7. The average molecular weight is 647 g/mol. The van der Waals surface area contributed by atoms with Crippen molar-refractivity contribution in [1.82, 2.24) is 14.7 Å². The molecule has 45 heavy (non-hydrogen) atoms. The van der Waals surface area contributed by atoms with Gasteiger partial charge in [0.15, 0.2) is 6.29 Å². The summed E-state index contributed by atoms with van der Waals surface area (Å²) in [4.78, 5) is 21.3. The van der Waals surface area contributed by atoms with Gasteiger partial charge in [0.25, 0.3) is 10.0 Å². The van der Waals surface area contributed by atoms with E-state index in [1.54, 1.807) is 12.1 Å². The molecule has 2 aromatic carbocycles. The fraction of sp³-hybridized carbons (Fsp3) is 0.594. The molecule has 0 unspecified atom stereocenters. The molecule has 5 rings (SSSR count). The van der Waals surface area contributed by atoms with Gasteiger partial charge in [0.05, 0.1) is 48.8 Å². The summed E-state index contributed by atoms with van der Waals surface area (Å²) >= 11 is 0. The van der Waals surface area contributed by atoms with Crippen molar-refractivity contribution in [2.75, 3.05) is 52.3 Å². The number of rotatable bonds is 15. The smallest absolute Gasteiger partial charge is 0.407 e. The number of hydrogen-bond donors (Lipinski definition) is 3. The van der Waals surface area contributed by atoms with Crippen LogP contribution >= 0.6 is 0 Å². The molecule has 2 heterocycles. The highest BCUT2D eigenvalue weighted by Crippen LogP contribution is 2.33. The number of ether oxygens (including phenoxy) is 3. The standard InChI is InChI=1S/C32H46N4O8S/c1-35(2)17-16-33-24-11-8-14-26(20-24)45(39,40)36(44-25-12-6-7-13-25)21-29(37)28(19-23-9-4-3-5-10-23)34-32(38)43-30-22-42-31-27(30)15-18-41-31/h3-5,8-11,14,20,25,27-31,33,37H,6-7,12-13,15-19,21-22H2,1-2H3,(H,34,38)/t27-,28-,29+,30-,31+/m0/s1. The Morgan fingerprint density at radius 3 is 2.60 bits per heavy atom. The molecule has 2 aromatic rings. The lowest BCUT2D eigenvalue weighted by molar-refractivity contribution is -0.145. The highest BCUT2D eigenvalue weighted by molar-refractivity contribution is 7.89.